The number of benzene rings is 1. The molecule has 0 fully saturated rings. The number of aliphatic carboxylic acids is 1. The lowest BCUT2D eigenvalue weighted by Crippen LogP contribution is -2.00. The van der Waals surface area contributed by atoms with Crippen molar-refractivity contribution in [2.45, 2.75) is 6.42 Å². The van der Waals surface area contributed by atoms with Crippen molar-refractivity contribution in [3.8, 4) is 0 Å². The normalized spacial score (nSPS) is 10.6. The molecule has 0 spiro atoms. The van der Waals surface area contributed by atoms with Gasteiger partial charge in [0.1, 0.15) is 4.60 Å². The smallest absolute Gasteiger partial charge is 0.307 e. The maximum Gasteiger partial charge on any atom is 0.307 e. The highest BCUT2D eigenvalue weighted by Gasteiger charge is 2.10. The van der Waals surface area contributed by atoms with E-state index in [1.165, 1.54) is 0 Å². The van der Waals surface area contributed by atoms with E-state index in [0.29, 0.717) is 0 Å². The fourth-order valence-corrected chi connectivity index (χ4v) is 1.96. The van der Waals surface area contributed by atoms with Crippen LogP contribution in [0.5, 0.6) is 0 Å². The summed E-state index contributed by atoms with van der Waals surface area (Å²) >= 11 is 3.30. The van der Waals surface area contributed by atoms with Gasteiger partial charge in [0, 0.05) is 5.39 Å². The number of carboxylic acids is 1. The van der Waals surface area contributed by atoms with Crippen LogP contribution in [0.1, 0.15) is 5.56 Å². The molecule has 0 atom stereocenters. The molecule has 72 valence electrons. The van der Waals surface area contributed by atoms with Gasteiger partial charge >= 0.3 is 5.97 Å². The topological polar surface area (TPSA) is 66.0 Å². The van der Waals surface area contributed by atoms with Crippen molar-refractivity contribution in [1.29, 1.82) is 0 Å². The third kappa shape index (κ3) is 1.50. The van der Waals surface area contributed by atoms with E-state index in [1.54, 1.807) is 12.1 Å². The number of halogens is 1. The molecule has 0 amide bonds. The monoisotopic (exact) mass is 254 g/mol. The van der Waals surface area contributed by atoms with Crippen LogP contribution in [0.25, 0.3) is 10.9 Å². The van der Waals surface area contributed by atoms with Gasteiger partial charge in [-0.1, -0.05) is 12.1 Å². The van der Waals surface area contributed by atoms with Crippen molar-refractivity contribution in [3.63, 3.8) is 0 Å². The van der Waals surface area contributed by atoms with Crippen molar-refractivity contribution in [1.82, 2.24) is 10.2 Å². The minimum Gasteiger partial charge on any atom is -0.481 e. The SMILES string of the molecule is O=C(O)Cc1cccc2n[nH]c(Br)c12. The number of carbonyl (C=O) groups is 1. The van der Waals surface area contributed by atoms with Gasteiger partial charge in [0.05, 0.1) is 11.9 Å². The summed E-state index contributed by atoms with van der Waals surface area (Å²) in [6.45, 7) is 0. The molecular formula is C9H7BrN2O2. The van der Waals surface area contributed by atoms with Gasteiger partial charge in [0.15, 0.2) is 0 Å². The number of hydrogen-bond acceptors (Lipinski definition) is 2. The maximum atomic E-state index is 10.6. The Hall–Kier alpha value is -1.36. The van der Waals surface area contributed by atoms with Gasteiger partial charge in [-0.15, -0.1) is 0 Å². The van der Waals surface area contributed by atoms with Crippen LogP contribution in [-0.4, -0.2) is 21.3 Å². The Bertz CT molecular complexity index is 493. The highest BCUT2D eigenvalue weighted by atomic mass is 79.9. The molecule has 1 aromatic carbocycles. The van der Waals surface area contributed by atoms with Crippen molar-refractivity contribution in [2.24, 2.45) is 0 Å². The molecule has 0 aliphatic rings. The molecule has 5 heteroatoms. The van der Waals surface area contributed by atoms with Gasteiger partial charge in [-0.3, -0.25) is 9.89 Å². The number of aromatic amines is 1. The number of rotatable bonds is 2. The molecular weight excluding hydrogens is 248 g/mol. The van der Waals surface area contributed by atoms with Crippen LogP contribution in [0.2, 0.25) is 0 Å². The minimum absolute atomic E-state index is 0.00940. The molecule has 0 aliphatic heterocycles. The Balaban J connectivity index is 2.63. The first-order chi connectivity index (χ1) is 6.68. The molecule has 0 saturated carbocycles. The predicted octanol–water partition coefficient (Wildman–Crippen LogP) is 1.95. The zero-order chi connectivity index (χ0) is 10.1. The van der Waals surface area contributed by atoms with Gasteiger partial charge in [0.25, 0.3) is 0 Å². The average Bonchev–Trinajstić information content (AvgIpc) is 2.48. The molecule has 0 unspecified atom stereocenters. The highest BCUT2D eigenvalue weighted by molar-refractivity contribution is 9.10. The fourth-order valence-electron chi connectivity index (χ4n) is 1.41. The maximum absolute atomic E-state index is 10.6. The summed E-state index contributed by atoms with van der Waals surface area (Å²) in [5, 5.41) is 16.3. The van der Waals surface area contributed by atoms with Gasteiger partial charge < -0.3 is 5.11 Å². The molecule has 0 saturated heterocycles. The second-order valence-electron chi connectivity index (χ2n) is 2.92. The van der Waals surface area contributed by atoms with Gasteiger partial charge in [0.2, 0.25) is 0 Å². The fraction of sp³-hybridized carbons (Fsp3) is 0.111. The molecule has 0 radical (unpaired) electrons. The number of carboxylic acid groups (broad SMARTS) is 1. The molecule has 2 aromatic rings. The van der Waals surface area contributed by atoms with Gasteiger partial charge in [-0.2, -0.15) is 5.10 Å². The number of fused-ring (bicyclic) bond motifs is 1. The lowest BCUT2D eigenvalue weighted by Gasteiger charge is -1.98. The Labute approximate surface area is 88.1 Å². The second kappa shape index (κ2) is 3.42. The van der Waals surface area contributed by atoms with Crippen LogP contribution in [0, 0.1) is 0 Å². The van der Waals surface area contributed by atoms with E-state index in [4.69, 9.17) is 5.11 Å². The van der Waals surface area contributed by atoms with E-state index in [2.05, 4.69) is 26.1 Å². The lowest BCUT2D eigenvalue weighted by atomic mass is 10.1. The minimum atomic E-state index is -0.842. The Morgan fingerprint density at radius 2 is 2.36 bits per heavy atom. The lowest BCUT2D eigenvalue weighted by molar-refractivity contribution is -0.136. The summed E-state index contributed by atoms with van der Waals surface area (Å²) in [4.78, 5) is 10.6. The van der Waals surface area contributed by atoms with Crippen LogP contribution < -0.4 is 0 Å². The van der Waals surface area contributed by atoms with Crippen molar-refractivity contribution >= 4 is 32.8 Å². The summed E-state index contributed by atoms with van der Waals surface area (Å²) in [6.07, 6.45) is 0.00940. The molecule has 1 heterocycles. The van der Waals surface area contributed by atoms with Crippen LogP contribution >= 0.6 is 15.9 Å². The zero-order valence-electron chi connectivity index (χ0n) is 7.12. The first-order valence-corrected chi connectivity index (χ1v) is 4.81. The Kier molecular flexibility index (Phi) is 2.25. The van der Waals surface area contributed by atoms with E-state index in [0.717, 1.165) is 21.1 Å². The quantitative estimate of drug-likeness (QED) is 0.861. The van der Waals surface area contributed by atoms with Crippen LogP contribution in [0.3, 0.4) is 0 Å². The van der Waals surface area contributed by atoms with Crippen LogP contribution in [-0.2, 0) is 11.2 Å². The van der Waals surface area contributed by atoms with Crippen molar-refractivity contribution in [2.75, 3.05) is 0 Å². The van der Waals surface area contributed by atoms with E-state index >= 15 is 0 Å². The average molecular weight is 255 g/mol. The highest BCUT2D eigenvalue weighted by Crippen LogP contribution is 2.24. The third-order valence-electron chi connectivity index (χ3n) is 1.96. The second-order valence-corrected chi connectivity index (χ2v) is 3.71. The number of nitrogens with one attached hydrogen (secondary N) is 1. The van der Waals surface area contributed by atoms with E-state index in [-0.39, 0.29) is 6.42 Å². The largest absolute Gasteiger partial charge is 0.481 e. The summed E-state index contributed by atoms with van der Waals surface area (Å²) < 4.78 is 0.726. The summed E-state index contributed by atoms with van der Waals surface area (Å²) in [6, 6.07) is 5.42. The summed E-state index contributed by atoms with van der Waals surface area (Å²) in [7, 11) is 0. The van der Waals surface area contributed by atoms with Gasteiger partial charge in [-0.05, 0) is 27.6 Å². The number of hydrogen-bond donors (Lipinski definition) is 2. The predicted molar refractivity (Wildman–Crippen MR) is 55.1 cm³/mol. The standard InChI is InChI=1S/C9H7BrN2O2/c10-9-8-5(4-7(13)14)2-1-3-6(8)11-12-9/h1-3H,4H2,(H,11,12)(H,13,14). The number of aromatic nitrogens is 2. The third-order valence-corrected chi connectivity index (χ3v) is 2.54. The van der Waals surface area contributed by atoms with Gasteiger partial charge in [-0.25, -0.2) is 0 Å². The molecule has 0 bridgehead atoms. The number of H-pyrrole nitrogens is 1. The van der Waals surface area contributed by atoms with E-state index in [9.17, 15) is 4.79 Å². The Morgan fingerprint density at radius 1 is 1.57 bits per heavy atom. The number of nitrogens with zero attached hydrogens (tertiary/aromatic N) is 1. The van der Waals surface area contributed by atoms with Crippen LogP contribution in [0.4, 0.5) is 0 Å². The van der Waals surface area contributed by atoms with Crippen molar-refractivity contribution in [3.05, 3.63) is 28.4 Å². The summed E-state index contributed by atoms with van der Waals surface area (Å²) in [5.41, 5.74) is 1.53. The zero-order valence-corrected chi connectivity index (χ0v) is 8.71. The summed E-state index contributed by atoms with van der Waals surface area (Å²) in [5.74, 6) is -0.842. The molecule has 4 nitrogen and oxygen atoms in total. The first-order valence-electron chi connectivity index (χ1n) is 4.02. The molecule has 1 aromatic heterocycles. The van der Waals surface area contributed by atoms with E-state index in [1.807, 2.05) is 6.07 Å². The molecule has 0 aliphatic carbocycles. The Morgan fingerprint density at radius 3 is 3.07 bits per heavy atom. The van der Waals surface area contributed by atoms with Crippen molar-refractivity contribution < 1.29 is 9.90 Å². The molecule has 14 heavy (non-hydrogen) atoms. The molecule has 2 rings (SSSR count). The molecule has 2 N–H and O–H groups in total. The first kappa shape index (κ1) is 9.21. The van der Waals surface area contributed by atoms with Crippen LogP contribution in [0.15, 0.2) is 22.8 Å². The van der Waals surface area contributed by atoms with E-state index < -0.39 is 5.97 Å².